The van der Waals surface area contributed by atoms with Crippen LogP contribution in [0.1, 0.15) is 36.8 Å². The van der Waals surface area contributed by atoms with Crippen LogP contribution in [0, 0.1) is 6.92 Å². The first kappa shape index (κ1) is 17.1. The van der Waals surface area contributed by atoms with Crippen molar-refractivity contribution in [3.63, 3.8) is 0 Å². The molecule has 4 nitrogen and oxygen atoms in total. The lowest BCUT2D eigenvalue weighted by molar-refractivity contribution is 0.0519. The molecule has 0 saturated heterocycles. The minimum Gasteiger partial charge on any atom is -0.461 e. The van der Waals surface area contributed by atoms with Crippen molar-refractivity contribution in [2.24, 2.45) is 0 Å². The van der Waals surface area contributed by atoms with Crippen LogP contribution >= 0.6 is 11.6 Å². The molecule has 0 aliphatic carbocycles. The number of aryl methyl sites for hydroxylation is 1. The van der Waals surface area contributed by atoms with Gasteiger partial charge in [-0.15, -0.1) is 0 Å². The van der Waals surface area contributed by atoms with E-state index in [4.69, 9.17) is 16.3 Å². The molecule has 0 saturated carbocycles. The van der Waals surface area contributed by atoms with Gasteiger partial charge in [0, 0.05) is 11.6 Å². The lowest BCUT2D eigenvalue weighted by Crippen LogP contribution is -2.08. The fourth-order valence-electron chi connectivity index (χ4n) is 1.64. The van der Waals surface area contributed by atoms with E-state index in [9.17, 15) is 4.79 Å². The lowest BCUT2D eigenvalue weighted by atomic mass is 10.1. The topological polar surface area (TPSA) is 52.1 Å². The molecule has 0 amide bonds. The Labute approximate surface area is 130 Å². The van der Waals surface area contributed by atoms with E-state index in [0.717, 1.165) is 11.1 Å². The molecule has 2 rings (SSSR count). The lowest BCUT2D eigenvalue weighted by Gasteiger charge is -2.05. The summed E-state index contributed by atoms with van der Waals surface area (Å²) in [6.07, 6.45) is 0. The third kappa shape index (κ3) is 4.83. The zero-order valence-electron chi connectivity index (χ0n) is 12.7. The van der Waals surface area contributed by atoms with Crippen molar-refractivity contribution in [2.75, 3.05) is 6.61 Å². The van der Waals surface area contributed by atoms with E-state index in [0.29, 0.717) is 12.4 Å². The molecule has 1 aromatic carbocycles. The Bertz CT molecular complexity index is 615. The summed E-state index contributed by atoms with van der Waals surface area (Å²) in [4.78, 5) is 20.0. The van der Waals surface area contributed by atoms with Crippen molar-refractivity contribution >= 4 is 17.6 Å². The fraction of sp³-hybridized carbons (Fsp3) is 0.312. The molecule has 0 radical (unpaired) electrons. The highest BCUT2D eigenvalue weighted by molar-refractivity contribution is 6.29. The van der Waals surface area contributed by atoms with Crippen LogP contribution in [0.4, 0.5) is 0 Å². The number of benzene rings is 1. The van der Waals surface area contributed by atoms with Crippen LogP contribution in [0.2, 0.25) is 5.15 Å². The quantitative estimate of drug-likeness (QED) is 0.626. The van der Waals surface area contributed by atoms with E-state index in [-0.39, 0.29) is 10.8 Å². The number of aromatic nitrogens is 2. The predicted octanol–water partition coefficient (Wildman–Crippen LogP) is 4.31. The van der Waals surface area contributed by atoms with Crippen molar-refractivity contribution < 1.29 is 9.53 Å². The number of halogens is 1. The Hall–Kier alpha value is -1.94. The zero-order chi connectivity index (χ0) is 15.8. The summed E-state index contributed by atoms with van der Waals surface area (Å²) < 4.78 is 4.91. The summed E-state index contributed by atoms with van der Waals surface area (Å²) in [7, 11) is 0. The molecule has 1 heterocycles. The van der Waals surface area contributed by atoms with Gasteiger partial charge in [-0.2, -0.15) is 0 Å². The fourth-order valence-corrected chi connectivity index (χ4v) is 1.82. The second kappa shape index (κ2) is 8.37. The first-order chi connectivity index (χ1) is 10.1. The molecule has 5 heteroatoms. The van der Waals surface area contributed by atoms with Crippen LogP contribution < -0.4 is 0 Å². The van der Waals surface area contributed by atoms with Crippen LogP contribution in [-0.2, 0) is 4.74 Å². The Balaban J connectivity index is 0.00000106. The molecular formula is C16H19ClN2O2. The van der Waals surface area contributed by atoms with Crippen LogP contribution in [0.25, 0.3) is 11.4 Å². The van der Waals surface area contributed by atoms with Gasteiger partial charge in [0.2, 0.25) is 0 Å². The number of carbonyl (C=O) groups is 1. The predicted molar refractivity (Wildman–Crippen MR) is 84.5 cm³/mol. The summed E-state index contributed by atoms with van der Waals surface area (Å²) in [5, 5.41) is 0.217. The highest BCUT2D eigenvalue weighted by Crippen LogP contribution is 2.19. The Morgan fingerprint density at radius 1 is 1.24 bits per heavy atom. The number of ether oxygens (including phenoxy) is 1. The minimum absolute atomic E-state index is 0.165. The molecule has 0 bridgehead atoms. The molecular weight excluding hydrogens is 288 g/mol. The normalized spacial score (nSPS) is 9.57. The number of hydrogen-bond acceptors (Lipinski definition) is 4. The van der Waals surface area contributed by atoms with E-state index < -0.39 is 5.97 Å². The maximum atomic E-state index is 11.7. The van der Waals surface area contributed by atoms with E-state index in [1.54, 1.807) is 6.92 Å². The van der Waals surface area contributed by atoms with Crippen LogP contribution in [0.15, 0.2) is 30.3 Å². The van der Waals surface area contributed by atoms with Crippen molar-refractivity contribution in [2.45, 2.75) is 27.7 Å². The zero-order valence-corrected chi connectivity index (χ0v) is 13.4. The third-order valence-electron chi connectivity index (χ3n) is 2.46. The van der Waals surface area contributed by atoms with Gasteiger partial charge in [0.1, 0.15) is 5.15 Å². The highest BCUT2D eigenvalue weighted by Gasteiger charge is 2.13. The van der Waals surface area contributed by atoms with Crippen molar-refractivity contribution in [3.8, 4) is 11.4 Å². The average molecular weight is 307 g/mol. The van der Waals surface area contributed by atoms with Gasteiger partial charge in [-0.05, 0) is 19.9 Å². The van der Waals surface area contributed by atoms with Crippen LogP contribution in [0.5, 0.6) is 0 Å². The monoisotopic (exact) mass is 306 g/mol. The molecule has 0 aliphatic rings. The Morgan fingerprint density at radius 2 is 1.95 bits per heavy atom. The summed E-state index contributed by atoms with van der Waals surface area (Å²) in [6, 6.07) is 9.08. The molecule has 0 fully saturated rings. The highest BCUT2D eigenvalue weighted by atomic mass is 35.5. The van der Waals surface area contributed by atoms with Gasteiger partial charge >= 0.3 is 5.97 Å². The van der Waals surface area contributed by atoms with Gasteiger partial charge in [0.25, 0.3) is 0 Å². The summed E-state index contributed by atoms with van der Waals surface area (Å²) in [5.41, 5.74) is 2.06. The van der Waals surface area contributed by atoms with Gasteiger partial charge in [-0.25, -0.2) is 14.8 Å². The van der Waals surface area contributed by atoms with Gasteiger partial charge in [0.05, 0.1) is 6.61 Å². The van der Waals surface area contributed by atoms with E-state index in [1.165, 1.54) is 6.07 Å². The molecule has 112 valence electrons. The summed E-state index contributed by atoms with van der Waals surface area (Å²) in [5.74, 6) is -0.0834. The molecule has 0 aliphatic heterocycles. The maximum Gasteiger partial charge on any atom is 0.357 e. The molecule has 0 spiro atoms. The number of rotatable bonds is 3. The Morgan fingerprint density at radius 3 is 2.57 bits per heavy atom. The molecule has 0 N–H and O–H groups in total. The summed E-state index contributed by atoms with van der Waals surface area (Å²) >= 11 is 5.93. The Kier molecular flexibility index (Phi) is 6.82. The number of nitrogens with zero attached hydrogens (tertiary/aromatic N) is 2. The van der Waals surface area contributed by atoms with Gasteiger partial charge in [0.15, 0.2) is 11.5 Å². The van der Waals surface area contributed by atoms with Crippen molar-refractivity contribution in [1.82, 2.24) is 9.97 Å². The minimum atomic E-state index is -0.499. The number of esters is 1. The standard InChI is InChI=1S/C14H13ClN2O2.C2H6/c1-3-19-14(18)11-8-12(15)17-13(16-11)10-6-4-5-9(2)7-10;1-2/h4-8H,3H2,1-2H3;1-2H3. The first-order valence-corrected chi connectivity index (χ1v) is 7.26. The van der Waals surface area contributed by atoms with Crippen LogP contribution in [0.3, 0.4) is 0 Å². The maximum absolute atomic E-state index is 11.7. The van der Waals surface area contributed by atoms with Gasteiger partial charge in [-0.3, -0.25) is 0 Å². The average Bonchev–Trinajstić information content (AvgIpc) is 2.49. The van der Waals surface area contributed by atoms with Gasteiger partial charge in [-0.1, -0.05) is 49.2 Å². The first-order valence-electron chi connectivity index (χ1n) is 6.89. The number of hydrogen-bond donors (Lipinski definition) is 0. The SMILES string of the molecule is CC.CCOC(=O)c1cc(Cl)nc(-c2cccc(C)c2)n1. The smallest absolute Gasteiger partial charge is 0.357 e. The number of carbonyl (C=O) groups excluding carboxylic acids is 1. The molecule has 1 aromatic heterocycles. The van der Waals surface area contributed by atoms with E-state index in [1.807, 2.05) is 45.0 Å². The molecule has 0 unspecified atom stereocenters. The second-order valence-corrected chi connectivity index (χ2v) is 4.38. The third-order valence-corrected chi connectivity index (χ3v) is 2.65. The second-order valence-electron chi connectivity index (χ2n) is 3.99. The largest absolute Gasteiger partial charge is 0.461 e. The van der Waals surface area contributed by atoms with Crippen LogP contribution in [-0.4, -0.2) is 22.5 Å². The summed E-state index contributed by atoms with van der Waals surface area (Å²) in [6.45, 7) is 8.00. The molecule has 2 aromatic rings. The molecule has 0 atom stereocenters. The van der Waals surface area contributed by atoms with Crippen molar-refractivity contribution in [3.05, 3.63) is 46.7 Å². The van der Waals surface area contributed by atoms with E-state index in [2.05, 4.69) is 9.97 Å². The van der Waals surface area contributed by atoms with E-state index >= 15 is 0 Å². The van der Waals surface area contributed by atoms with Gasteiger partial charge < -0.3 is 4.74 Å². The van der Waals surface area contributed by atoms with Crippen molar-refractivity contribution in [1.29, 1.82) is 0 Å². The molecule has 21 heavy (non-hydrogen) atoms.